The molecule has 0 unspecified atom stereocenters. The minimum atomic E-state index is -0.825. The fourth-order valence-corrected chi connectivity index (χ4v) is 1.65. The van der Waals surface area contributed by atoms with E-state index in [1.54, 1.807) is 24.3 Å². The lowest BCUT2D eigenvalue weighted by Crippen LogP contribution is -2.46. The first kappa shape index (κ1) is 9.18. The smallest absolute Gasteiger partial charge is 0.252 e. The van der Waals surface area contributed by atoms with Crippen LogP contribution in [0.3, 0.4) is 0 Å². The number of hydrogen-bond donors (Lipinski definition) is 3. The SMILES string of the molecule is O=C1N[C@H](CO)[C@@H](O)c2ccccc21. The zero-order valence-electron chi connectivity index (χ0n) is 7.47. The molecule has 0 aliphatic carbocycles. The Morgan fingerprint density at radius 2 is 2.07 bits per heavy atom. The van der Waals surface area contributed by atoms with Crippen LogP contribution in [0.4, 0.5) is 0 Å². The fraction of sp³-hybridized carbons (Fsp3) is 0.300. The van der Waals surface area contributed by atoms with Crippen LogP contribution in [0.25, 0.3) is 0 Å². The molecular weight excluding hydrogens is 182 g/mol. The van der Waals surface area contributed by atoms with Gasteiger partial charge in [0, 0.05) is 5.56 Å². The number of benzene rings is 1. The summed E-state index contributed by atoms with van der Waals surface area (Å²) in [6, 6.07) is 6.25. The first-order chi connectivity index (χ1) is 6.74. The number of carbonyl (C=O) groups is 1. The molecule has 3 N–H and O–H groups in total. The van der Waals surface area contributed by atoms with Crippen molar-refractivity contribution in [1.29, 1.82) is 0 Å². The molecule has 1 aliphatic heterocycles. The summed E-state index contributed by atoms with van der Waals surface area (Å²) in [6.07, 6.45) is -0.825. The molecule has 0 saturated carbocycles. The van der Waals surface area contributed by atoms with Crippen LogP contribution in [0.5, 0.6) is 0 Å². The molecule has 1 aromatic rings. The van der Waals surface area contributed by atoms with Gasteiger partial charge in [0.25, 0.3) is 5.91 Å². The van der Waals surface area contributed by atoms with Crippen molar-refractivity contribution in [2.45, 2.75) is 12.1 Å². The van der Waals surface area contributed by atoms with E-state index in [2.05, 4.69) is 5.32 Å². The Morgan fingerprint density at radius 3 is 2.79 bits per heavy atom. The van der Waals surface area contributed by atoms with E-state index in [9.17, 15) is 9.90 Å². The predicted octanol–water partition coefficient (Wildman–Crippen LogP) is -0.176. The maximum atomic E-state index is 11.5. The number of amides is 1. The second-order valence-electron chi connectivity index (χ2n) is 3.29. The number of rotatable bonds is 1. The van der Waals surface area contributed by atoms with Crippen LogP contribution in [0, 0.1) is 0 Å². The third-order valence-corrected chi connectivity index (χ3v) is 2.42. The van der Waals surface area contributed by atoms with Crippen molar-refractivity contribution in [2.75, 3.05) is 6.61 Å². The van der Waals surface area contributed by atoms with Crippen molar-refractivity contribution in [3.8, 4) is 0 Å². The van der Waals surface area contributed by atoms with Crippen LogP contribution in [0.2, 0.25) is 0 Å². The molecule has 14 heavy (non-hydrogen) atoms. The van der Waals surface area contributed by atoms with Gasteiger partial charge in [-0.2, -0.15) is 0 Å². The second-order valence-corrected chi connectivity index (χ2v) is 3.29. The van der Waals surface area contributed by atoms with Gasteiger partial charge in [0.1, 0.15) is 6.10 Å². The molecule has 4 nitrogen and oxygen atoms in total. The highest BCUT2D eigenvalue weighted by Gasteiger charge is 2.31. The molecule has 2 rings (SSSR count). The molecule has 0 spiro atoms. The first-order valence-electron chi connectivity index (χ1n) is 4.42. The van der Waals surface area contributed by atoms with Crippen LogP contribution in [-0.2, 0) is 0 Å². The maximum absolute atomic E-state index is 11.5. The van der Waals surface area contributed by atoms with E-state index < -0.39 is 12.1 Å². The van der Waals surface area contributed by atoms with Gasteiger partial charge in [0.2, 0.25) is 0 Å². The van der Waals surface area contributed by atoms with E-state index >= 15 is 0 Å². The highest BCUT2D eigenvalue weighted by molar-refractivity contribution is 5.97. The van der Waals surface area contributed by atoms with E-state index in [-0.39, 0.29) is 12.5 Å². The molecule has 74 valence electrons. The van der Waals surface area contributed by atoms with E-state index in [0.29, 0.717) is 11.1 Å². The van der Waals surface area contributed by atoms with E-state index in [1.165, 1.54) is 0 Å². The summed E-state index contributed by atoms with van der Waals surface area (Å²) >= 11 is 0. The van der Waals surface area contributed by atoms with Gasteiger partial charge in [-0.25, -0.2) is 0 Å². The Morgan fingerprint density at radius 1 is 1.36 bits per heavy atom. The lowest BCUT2D eigenvalue weighted by Gasteiger charge is -2.29. The average molecular weight is 193 g/mol. The Bertz CT molecular complexity index is 364. The van der Waals surface area contributed by atoms with Crippen LogP contribution in [0.1, 0.15) is 22.0 Å². The lowest BCUT2D eigenvalue weighted by atomic mass is 9.93. The van der Waals surface area contributed by atoms with Gasteiger partial charge in [-0.1, -0.05) is 18.2 Å². The normalized spacial score (nSPS) is 25.4. The van der Waals surface area contributed by atoms with E-state index in [4.69, 9.17) is 5.11 Å². The standard InChI is InChI=1S/C10H11NO3/c12-5-8-9(13)6-3-1-2-4-7(6)10(14)11-8/h1-4,8-9,12-13H,5H2,(H,11,14)/t8-,9+/m1/s1. The summed E-state index contributed by atoms with van der Waals surface area (Å²) in [4.78, 5) is 11.5. The number of fused-ring (bicyclic) bond motifs is 1. The summed E-state index contributed by atoms with van der Waals surface area (Å²) in [5, 5.41) is 21.2. The van der Waals surface area contributed by atoms with Crippen LogP contribution < -0.4 is 5.32 Å². The van der Waals surface area contributed by atoms with Gasteiger partial charge in [-0.15, -0.1) is 0 Å². The molecule has 1 aliphatic rings. The number of aliphatic hydroxyl groups excluding tert-OH is 2. The summed E-state index contributed by atoms with van der Waals surface area (Å²) in [5.41, 5.74) is 1.06. The summed E-state index contributed by atoms with van der Waals surface area (Å²) in [5.74, 6) is -0.245. The quantitative estimate of drug-likeness (QED) is 0.579. The van der Waals surface area contributed by atoms with E-state index in [1.807, 2.05) is 0 Å². The van der Waals surface area contributed by atoms with Crippen LogP contribution >= 0.6 is 0 Å². The maximum Gasteiger partial charge on any atom is 0.252 e. The number of hydrogen-bond acceptors (Lipinski definition) is 3. The number of nitrogens with one attached hydrogen (secondary N) is 1. The third kappa shape index (κ3) is 1.29. The topological polar surface area (TPSA) is 69.6 Å². The van der Waals surface area contributed by atoms with Crippen LogP contribution in [-0.4, -0.2) is 28.8 Å². The third-order valence-electron chi connectivity index (χ3n) is 2.42. The summed E-state index contributed by atoms with van der Waals surface area (Å²) in [7, 11) is 0. The molecule has 0 radical (unpaired) electrons. The molecule has 0 aromatic heterocycles. The highest BCUT2D eigenvalue weighted by atomic mass is 16.3. The molecule has 0 saturated heterocycles. The molecule has 0 bridgehead atoms. The predicted molar refractivity (Wildman–Crippen MR) is 49.7 cm³/mol. The Hall–Kier alpha value is -1.39. The molecule has 1 heterocycles. The first-order valence-corrected chi connectivity index (χ1v) is 4.42. The van der Waals surface area contributed by atoms with Gasteiger partial charge in [-0.3, -0.25) is 4.79 Å². The molecule has 1 aromatic carbocycles. The van der Waals surface area contributed by atoms with E-state index in [0.717, 1.165) is 0 Å². The zero-order chi connectivity index (χ0) is 10.1. The van der Waals surface area contributed by atoms with Crippen molar-refractivity contribution in [3.63, 3.8) is 0 Å². The van der Waals surface area contributed by atoms with Crippen molar-refractivity contribution in [3.05, 3.63) is 35.4 Å². The largest absolute Gasteiger partial charge is 0.394 e. The van der Waals surface area contributed by atoms with Gasteiger partial charge in [0.15, 0.2) is 0 Å². The average Bonchev–Trinajstić information content (AvgIpc) is 2.23. The minimum absolute atomic E-state index is 0.245. The summed E-state index contributed by atoms with van der Waals surface area (Å²) in [6.45, 7) is -0.263. The Labute approximate surface area is 81.2 Å². The molecule has 0 fully saturated rings. The zero-order valence-corrected chi connectivity index (χ0v) is 7.47. The second kappa shape index (κ2) is 3.40. The molecule has 1 amide bonds. The molecule has 2 atom stereocenters. The monoisotopic (exact) mass is 193 g/mol. The Kier molecular flexibility index (Phi) is 2.23. The van der Waals surface area contributed by atoms with Crippen molar-refractivity contribution < 1.29 is 15.0 Å². The van der Waals surface area contributed by atoms with Crippen LogP contribution in [0.15, 0.2) is 24.3 Å². The van der Waals surface area contributed by atoms with Crippen molar-refractivity contribution >= 4 is 5.91 Å². The van der Waals surface area contributed by atoms with Crippen molar-refractivity contribution in [2.24, 2.45) is 0 Å². The molecule has 4 heteroatoms. The molecular formula is C10H11NO3. The Balaban J connectivity index is 2.46. The van der Waals surface area contributed by atoms with Gasteiger partial charge >= 0.3 is 0 Å². The minimum Gasteiger partial charge on any atom is -0.394 e. The number of aliphatic hydroxyl groups is 2. The highest BCUT2D eigenvalue weighted by Crippen LogP contribution is 2.25. The number of carbonyl (C=O) groups excluding carboxylic acids is 1. The summed E-state index contributed by atoms with van der Waals surface area (Å²) < 4.78 is 0. The fourth-order valence-electron chi connectivity index (χ4n) is 1.65. The van der Waals surface area contributed by atoms with Gasteiger partial charge in [-0.05, 0) is 11.6 Å². The van der Waals surface area contributed by atoms with Gasteiger partial charge < -0.3 is 15.5 Å². The van der Waals surface area contributed by atoms with Crippen molar-refractivity contribution in [1.82, 2.24) is 5.32 Å². The lowest BCUT2D eigenvalue weighted by molar-refractivity contribution is 0.0625. The van der Waals surface area contributed by atoms with Gasteiger partial charge in [0.05, 0.1) is 12.6 Å².